The molecule has 43 heavy (non-hydrogen) atoms. The number of methoxy groups -OCH3 is 1. The Balaban J connectivity index is 1.14. The Morgan fingerprint density at radius 2 is 1.77 bits per heavy atom. The fraction of sp³-hybridized carbons (Fsp3) is 0.848. The van der Waals surface area contributed by atoms with E-state index in [4.69, 9.17) is 28.4 Å². The lowest BCUT2D eigenvalue weighted by Gasteiger charge is -2.59. The molecule has 0 spiro atoms. The highest BCUT2D eigenvalue weighted by molar-refractivity contribution is 5.96. The van der Waals surface area contributed by atoms with Crippen LogP contribution >= 0.6 is 0 Å². The first-order valence-electron chi connectivity index (χ1n) is 16.2. The third kappa shape index (κ3) is 5.14. The van der Waals surface area contributed by atoms with Crippen LogP contribution in [0, 0.1) is 28.6 Å². The van der Waals surface area contributed by atoms with Crippen molar-refractivity contribution in [3.63, 3.8) is 0 Å². The highest BCUT2D eigenvalue weighted by Gasteiger charge is 2.65. The fourth-order valence-electron chi connectivity index (χ4n) is 9.66. The van der Waals surface area contributed by atoms with Crippen LogP contribution in [0.3, 0.4) is 0 Å². The average molecular weight is 607 g/mol. The Hall–Kier alpha value is -1.37. The Kier molecular flexibility index (Phi) is 8.42. The fourth-order valence-corrected chi connectivity index (χ4v) is 9.66. The number of fused-ring (bicyclic) bond motifs is 5. The van der Waals surface area contributed by atoms with Gasteiger partial charge in [0.25, 0.3) is 12.3 Å². The molecule has 0 amide bonds. The van der Waals surface area contributed by atoms with E-state index in [9.17, 15) is 20.1 Å². The van der Waals surface area contributed by atoms with E-state index < -0.39 is 43.0 Å². The molecular formula is C33H50O10. The second kappa shape index (κ2) is 11.5. The molecule has 4 fully saturated rings. The van der Waals surface area contributed by atoms with Gasteiger partial charge in [-0.1, -0.05) is 25.5 Å². The highest BCUT2D eigenvalue weighted by atomic mass is 16.9. The summed E-state index contributed by atoms with van der Waals surface area (Å²) in [7, 11) is 1.50. The lowest BCUT2D eigenvalue weighted by molar-refractivity contribution is -0.419. The second-order valence-corrected chi connectivity index (χ2v) is 14.4. The van der Waals surface area contributed by atoms with Gasteiger partial charge in [0.2, 0.25) is 6.29 Å². The van der Waals surface area contributed by atoms with Gasteiger partial charge in [-0.2, -0.15) is 0 Å². The maximum absolute atomic E-state index is 12.8. The molecule has 6 aliphatic rings. The van der Waals surface area contributed by atoms with E-state index in [0.717, 1.165) is 44.9 Å². The molecule has 6 rings (SSSR count). The number of Topliss-reactive ketones (excluding diaryl/α,β-unsaturated/α-hetero) is 1. The molecule has 0 radical (unpaired) electrons. The summed E-state index contributed by atoms with van der Waals surface area (Å²) in [5, 5.41) is 32.3. The van der Waals surface area contributed by atoms with Gasteiger partial charge in [0, 0.05) is 5.41 Å². The van der Waals surface area contributed by atoms with Gasteiger partial charge in [-0.15, -0.1) is 0 Å². The van der Waals surface area contributed by atoms with E-state index >= 15 is 0 Å². The number of aliphatic hydroxyl groups is 3. The van der Waals surface area contributed by atoms with Crippen LogP contribution in [0.4, 0.5) is 0 Å². The quantitative estimate of drug-likeness (QED) is 0.384. The molecule has 10 nitrogen and oxygen atoms in total. The first-order chi connectivity index (χ1) is 20.3. The zero-order valence-electron chi connectivity index (χ0n) is 26.4. The predicted molar refractivity (Wildman–Crippen MR) is 154 cm³/mol. The van der Waals surface area contributed by atoms with Gasteiger partial charge < -0.3 is 39.0 Å². The molecule has 242 valence electrons. The molecule has 0 aromatic carbocycles. The first-order valence-corrected chi connectivity index (χ1v) is 16.2. The summed E-state index contributed by atoms with van der Waals surface area (Å²) in [5.41, 5.74) is 0.0796. The maximum Gasteiger partial charge on any atom is 0.274 e. The van der Waals surface area contributed by atoms with Crippen molar-refractivity contribution < 1.29 is 48.5 Å². The minimum Gasteiger partial charge on any atom is -0.493 e. The molecule has 14 unspecified atom stereocenters. The summed E-state index contributed by atoms with van der Waals surface area (Å²) >= 11 is 0. The molecule has 1 saturated heterocycles. The molecule has 2 heterocycles. The zero-order valence-corrected chi connectivity index (χ0v) is 26.4. The van der Waals surface area contributed by atoms with Crippen LogP contribution in [0.1, 0.15) is 86.0 Å². The third-order valence-corrected chi connectivity index (χ3v) is 12.3. The maximum atomic E-state index is 12.8. The largest absolute Gasteiger partial charge is 0.493 e. The van der Waals surface area contributed by atoms with Gasteiger partial charge in [0.05, 0.1) is 37.1 Å². The number of ketones is 1. The number of allylic oxidation sites excluding steroid dienone is 1. The van der Waals surface area contributed by atoms with Gasteiger partial charge >= 0.3 is 0 Å². The Morgan fingerprint density at radius 1 is 1.02 bits per heavy atom. The lowest BCUT2D eigenvalue weighted by Crippen LogP contribution is -2.60. The summed E-state index contributed by atoms with van der Waals surface area (Å²) in [6.07, 6.45) is 6.14. The number of carbonyl (C=O) groups excluding carboxylic acids is 1. The summed E-state index contributed by atoms with van der Waals surface area (Å²) < 4.78 is 34.4. The van der Waals surface area contributed by atoms with Gasteiger partial charge in [0.15, 0.2) is 12.0 Å². The molecule has 14 atom stereocenters. The highest BCUT2D eigenvalue weighted by Crippen LogP contribution is 2.68. The number of hydrogen-bond acceptors (Lipinski definition) is 10. The van der Waals surface area contributed by atoms with Crippen molar-refractivity contribution in [2.75, 3.05) is 7.11 Å². The van der Waals surface area contributed by atoms with Gasteiger partial charge in [0.1, 0.15) is 6.10 Å². The number of hydrogen-bond donors (Lipinski definition) is 3. The number of aliphatic hydroxyl groups excluding tert-OH is 2. The van der Waals surface area contributed by atoms with Gasteiger partial charge in [-0.3, -0.25) is 9.53 Å². The zero-order chi connectivity index (χ0) is 30.9. The van der Waals surface area contributed by atoms with E-state index in [2.05, 4.69) is 19.9 Å². The molecule has 10 heteroatoms. The van der Waals surface area contributed by atoms with Crippen LogP contribution in [0.5, 0.6) is 0 Å². The van der Waals surface area contributed by atoms with Gasteiger partial charge in [-0.05, 0) is 101 Å². The van der Waals surface area contributed by atoms with Crippen molar-refractivity contribution in [1.29, 1.82) is 0 Å². The van der Waals surface area contributed by atoms with Crippen LogP contribution in [-0.2, 0) is 33.2 Å². The minimum absolute atomic E-state index is 0.0616. The normalized spacial score (nSPS) is 50.6. The molecule has 4 aliphatic carbocycles. The lowest BCUT2D eigenvalue weighted by atomic mass is 9.46. The van der Waals surface area contributed by atoms with E-state index in [1.54, 1.807) is 13.0 Å². The number of carbonyl (C=O) groups is 1. The summed E-state index contributed by atoms with van der Waals surface area (Å²) in [4.78, 5) is 12.8. The smallest absolute Gasteiger partial charge is 0.274 e. The number of rotatable bonds is 6. The molecule has 0 bridgehead atoms. The molecule has 3 N–H and O–H groups in total. The van der Waals surface area contributed by atoms with E-state index in [1.807, 2.05) is 13.8 Å². The summed E-state index contributed by atoms with van der Waals surface area (Å²) in [6, 6.07) is 0. The average Bonchev–Trinajstić information content (AvgIpc) is 3.25. The van der Waals surface area contributed by atoms with Crippen molar-refractivity contribution in [3.8, 4) is 0 Å². The topological polar surface area (TPSA) is 133 Å². The predicted octanol–water partition coefficient (Wildman–Crippen LogP) is 3.71. The summed E-state index contributed by atoms with van der Waals surface area (Å²) in [5.74, 6) is 1.37. The standard InChI is InChI=1S/C33H50O10/c1-17-15-25(38-6)27(35)29(39-17)42-21-9-12-31(4)20(16-21)7-8-22-23(31)10-13-32(5)24(22)11-14-33(32,37)19(3)41-30-40-18(2)26(34)28(36)43-30/h7,15,17-19,21-24,26,28-30,34,36-37H,8-14,16H2,1-6H3. The Morgan fingerprint density at radius 3 is 2.49 bits per heavy atom. The molecule has 3 saturated carbocycles. The first kappa shape index (κ1) is 31.6. The van der Waals surface area contributed by atoms with Crippen molar-refractivity contribution >= 4 is 5.78 Å². The van der Waals surface area contributed by atoms with Crippen molar-refractivity contribution in [3.05, 3.63) is 23.5 Å². The second-order valence-electron chi connectivity index (χ2n) is 14.4. The molecule has 0 aromatic rings. The van der Waals surface area contributed by atoms with Crippen LogP contribution in [0.15, 0.2) is 23.5 Å². The SMILES string of the molecule is COC1=CC(C)OC(OC2CCC3(C)C(=CCC4C3CCC3(C)C4CCC3(O)C(C)OC3OC(C)C(O)C(O)O3)C2)C1=O. The van der Waals surface area contributed by atoms with Crippen molar-refractivity contribution in [2.45, 2.75) is 141 Å². The Bertz CT molecular complexity index is 1130. The van der Waals surface area contributed by atoms with Crippen LogP contribution < -0.4 is 0 Å². The summed E-state index contributed by atoms with van der Waals surface area (Å²) in [6.45, 7) is 8.88. The van der Waals surface area contributed by atoms with Crippen LogP contribution in [-0.4, -0.2) is 83.4 Å². The molecular weight excluding hydrogens is 556 g/mol. The monoisotopic (exact) mass is 606 g/mol. The van der Waals surface area contributed by atoms with Crippen molar-refractivity contribution in [2.24, 2.45) is 28.6 Å². The molecule has 0 aromatic heterocycles. The van der Waals surface area contributed by atoms with Crippen molar-refractivity contribution in [1.82, 2.24) is 0 Å². The van der Waals surface area contributed by atoms with E-state index in [0.29, 0.717) is 29.9 Å². The number of ether oxygens (including phenoxy) is 6. The molecule has 2 aliphatic heterocycles. The van der Waals surface area contributed by atoms with E-state index in [1.165, 1.54) is 12.7 Å². The third-order valence-electron chi connectivity index (χ3n) is 12.3. The van der Waals surface area contributed by atoms with Crippen LogP contribution in [0.25, 0.3) is 0 Å². The van der Waals surface area contributed by atoms with Gasteiger partial charge in [-0.25, -0.2) is 0 Å². The van der Waals surface area contributed by atoms with Crippen LogP contribution in [0.2, 0.25) is 0 Å². The minimum atomic E-state index is -1.40. The Labute approximate surface area is 254 Å². The van der Waals surface area contributed by atoms with E-state index in [-0.39, 0.29) is 28.8 Å².